The molecule has 0 unspecified atom stereocenters. The molecule has 0 saturated heterocycles. The maximum absolute atomic E-state index is 5.60. The minimum absolute atomic E-state index is 0.675. The predicted octanol–water partition coefficient (Wildman–Crippen LogP) is 13.9. The number of nitrogens with zero attached hydrogens (tertiary/aromatic N) is 3. The van der Waals surface area contributed by atoms with Gasteiger partial charge in [-0.2, -0.15) is 0 Å². The highest BCUT2D eigenvalue weighted by atomic mass is 32.1. The van der Waals surface area contributed by atoms with Gasteiger partial charge in [0.15, 0.2) is 0 Å². The molecule has 12 rings (SSSR count). The van der Waals surface area contributed by atoms with E-state index < -0.39 is 0 Å². The van der Waals surface area contributed by atoms with E-state index >= 15 is 0 Å². The van der Waals surface area contributed by atoms with Gasteiger partial charge in [0.25, 0.3) is 0 Å². The average molecular weight is 704 g/mol. The van der Waals surface area contributed by atoms with Crippen LogP contribution in [0.5, 0.6) is 0 Å². The van der Waals surface area contributed by atoms with Crippen molar-refractivity contribution < 1.29 is 0 Å². The molecule has 3 nitrogen and oxygen atoms in total. The molecule has 0 amide bonds. The van der Waals surface area contributed by atoms with Crippen molar-refractivity contribution in [2.45, 2.75) is 0 Å². The van der Waals surface area contributed by atoms with Gasteiger partial charge in [0.05, 0.1) is 16.7 Å². The highest BCUT2D eigenvalue weighted by Gasteiger charge is 2.23. The Labute approximate surface area is 314 Å². The number of fused-ring (bicyclic) bond motifs is 14. The van der Waals surface area contributed by atoms with Gasteiger partial charge >= 0.3 is 0 Å². The first-order valence-corrected chi connectivity index (χ1v) is 19.1. The Morgan fingerprint density at radius 1 is 0.370 bits per heavy atom. The van der Waals surface area contributed by atoms with E-state index in [1.54, 1.807) is 11.3 Å². The fourth-order valence-electron chi connectivity index (χ4n) is 8.80. The third-order valence-corrected chi connectivity index (χ3v) is 12.2. The van der Waals surface area contributed by atoms with Crippen LogP contribution in [-0.2, 0) is 0 Å². The molecule has 4 heteroatoms. The van der Waals surface area contributed by atoms with Crippen molar-refractivity contribution in [1.29, 1.82) is 0 Å². The van der Waals surface area contributed by atoms with E-state index in [-0.39, 0.29) is 0 Å². The minimum atomic E-state index is 0.675. The third-order valence-electron chi connectivity index (χ3n) is 11.2. The molecular weight excluding hydrogens is 675 g/mol. The Morgan fingerprint density at radius 3 is 1.78 bits per heavy atom. The van der Waals surface area contributed by atoms with Crippen LogP contribution < -0.4 is 0 Å². The molecule has 250 valence electrons. The van der Waals surface area contributed by atoms with Gasteiger partial charge in [-0.25, -0.2) is 9.97 Å². The molecule has 0 fully saturated rings. The molecule has 0 saturated carbocycles. The second-order valence-corrected chi connectivity index (χ2v) is 15.2. The van der Waals surface area contributed by atoms with Crippen LogP contribution in [0, 0.1) is 0 Å². The number of hydrogen-bond donors (Lipinski definition) is 0. The van der Waals surface area contributed by atoms with Gasteiger partial charge in [0.2, 0.25) is 5.95 Å². The van der Waals surface area contributed by atoms with Crippen LogP contribution in [0.4, 0.5) is 0 Å². The first-order chi connectivity index (χ1) is 26.8. The van der Waals surface area contributed by atoms with Crippen molar-refractivity contribution in [1.82, 2.24) is 14.5 Å². The smallest absolute Gasteiger partial charge is 0.236 e. The molecule has 0 N–H and O–H groups in total. The molecule has 0 aliphatic heterocycles. The lowest BCUT2D eigenvalue weighted by Gasteiger charge is -2.13. The summed E-state index contributed by atoms with van der Waals surface area (Å²) in [5.74, 6) is 0.675. The lowest BCUT2D eigenvalue weighted by molar-refractivity contribution is 1.02. The molecule has 0 radical (unpaired) electrons. The molecular formula is C50H29N3S. The highest BCUT2D eigenvalue weighted by Crippen LogP contribution is 2.45. The molecule has 0 bridgehead atoms. The standard InChI is InChI=1S/C50H29N3S/c1-2-13-30(14-3-1)31-17-12-18-34(27-31)48-47-40-23-10-11-24-44(40)54-49(47)52-50(51-48)53-42-26-25-39-37-21-7-6-19-35(37)36-20-8-9-22-38(36)45(39)46(42)41-28-32-15-4-5-16-33(32)29-43(41)53/h1-29H. The van der Waals surface area contributed by atoms with Gasteiger partial charge < -0.3 is 0 Å². The largest absolute Gasteiger partial charge is 0.278 e. The van der Waals surface area contributed by atoms with E-state index in [0.29, 0.717) is 5.95 Å². The quantitative estimate of drug-likeness (QED) is 0.172. The lowest BCUT2D eigenvalue weighted by Crippen LogP contribution is -2.02. The lowest BCUT2D eigenvalue weighted by atomic mass is 9.91. The van der Waals surface area contributed by atoms with E-state index in [4.69, 9.17) is 9.97 Å². The fraction of sp³-hybridized carbons (Fsp3) is 0. The predicted molar refractivity (Wildman–Crippen MR) is 230 cm³/mol. The number of thiophene rings is 1. The second kappa shape index (κ2) is 11.3. The summed E-state index contributed by atoms with van der Waals surface area (Å²) in [6, 6.07) is 63.6. The van der Waals surface area contributed by atoms with Crippen molar-refractivity contribution in [3.8, 4) is 28.3 Å². The maximum Gasteiger partial charge on any atom is 0.236 e. The fourth-order valence-corrected chi connectivity index (χ4v) is 9.87. The monoisotopic (exact) mass is 703 g/mol. The topological polar surface area (TPSA) is 30.7 Å². The summed E-state index contributed by atoms with van der Waals surface area (Å²) in [5, 5.41) is 14.7. The zero-order valence-electron chi connectivity index (χ0n) is 29.0. The van der Waals surface area contributed by atoms with Crippen molar-refractivity contribution in [2.24, 2.45) is 0 Å². The van der Waals surface area contributed by atoms with Crippen molar-refractivity contribution >= 4 is 96.5 Å². The molecule has 0 aliphatic carbocycles. The van der Waals surface area contributed by atoms with Crippen LogP contribution in [-0.4, -0.2) is 14.5 Å². The van der Waals surface area contributed by atoms with Gasteiger partial charge in [-0.1, -0.05) is 146 Å². The van der Waals surface area contributed by atoms with Crippen LogP contribution in [0.15, 0.2) is 176 Å². The summed E-state index contributed by atoms with van der Waals surface area (Å²) < 4.78 is 3.52. The molecule has 0 spiro atoms. The zero-order chi connectivity index (χ0) is 35.3. The Balaban J connectivity index is 1.25. The van der Waals surface area contributed by atoms with Gasteiger partial charge in [0, 0.05) is 37.2 Å². The summed E-state index contributed by atoms with van der Waals surface area (Å²) >= 11 is 1.74. The van der Waals surface area contributed by atoms with Gasteiger partial charge in [-0.05, 0) is 79.2 Å². The first kappa shape index (κ1) is 29.7. The van der Waals surface area contributed by atoms with Crippen molar-refractivity contribution in [3.05, 3.63) is 176 Å². The molecule has 54 heavy (non-hydrogen) atoms. The molecule has 0 aliphatic rings. The summed E-state index contributed by atoms with van der Waals surface area (Å²) in [6.07, 6.45) is 0. The van der Waals surface area contributed by atoms with Crippen molar-refractivity contribution in [2.75, 3.05) is 0 Å². The molecule has 3 heterocycles. The molecule has 9 aromatic carbocycles. The number of benzene rings is 9. The number of hydrogen-bond acceptors (Lipinski definition) is 3. The minimum Gasteiger partial charge on any atom is -0.278 e. The summed E-state index contributed by atoms with van der Waals surface area (Å²) in [4.78, 5) is 12.0. The summed E-state index contributed by atoms with van der Waals surface area (Å²) in [5.41, 5.74) is 6.55. The Bertz CT molecular complexity index is 3470. The SMILES string of the molecule is c1ccc(-c2cccc(-c3nc(-n4c5cc6ccccc6cc5c5c6c7ccccc7c7ccccc7c6ccc54)nc4sc5ccccc5c34)c2)cc1. The van der Waals surface area contributed by atoms with E-state index in [1.807, 2.05) is 0 Å². The van der Waals surface area contributed by atoms with E-state index in [9.17, 15) is 0 Å². The van der Waals surface area contributed by atoms with E-state index in [1.165, 1.54) is 69.5 Å². The first-order valence-electron chi connectivity index (χ1n) is 18.3. The van der Waals surface area contributed by atoms with Crippen LogP contribution in [0.2, 0.25) is 0 Å². The Hall–Kier alpha value is -6.88. The maximum atomic E-state index is 5.60. The average Bonchev–Trinajstić information content (AvgIpc) is 3.78. The summed E-state index contributed by atoms with van der Waals surface area (Å²) in [6.45, 7) is 0. The molecule has 3 aromatic heterocycles. The zero-order valence-corrected chi connectivity index (χ0v) is 29.8. The number of aromatic nitrogens is 3. The highest BCUT2D eigenvalue weighted by molar-refractivity contribution is 7.25. The Kier molecular flexibility index (Phi) is 6.21. The van der Waals surface area contributed by atoms with Crippen LogP contribution in [0.1, 0.15) is 0 Å². The third kappa shape index (κ3) is 4.23. The van der Waals surface area contributed by atoms with E-state index in [2.05, 4.69) is 180 Å². The van der Waals surface area contributed by atoms with Crippen LogP contribution in [0.3, 0.4) is 0 Å². The normalized spacial score (nSPS) is 12.1. The second-order valence-electron chi connectivity index (χ2n) is 14.1. The van der Waals surface area contributed by atoms with Gasteiger partial charge in [-0.15, -0.1) is 11.3 Å². The van der Waals surface area contributed by atoms with Gasteiger partial charge in [0.1, 0.15) is 4.83 Å². The van der Waals surface area contributed by atoms with Crippen LogP contribution in [0.25, 0.3) is 114 Å². The number of rotatable bonds is 3. The van der Waals surface area contributed by atoms with E-state index in [0.717, 1.165) is 38.1 Å². The summed E-state index contributed by atoms with van der Waals surface area (Å²) in [7, 11) is 0. The van der Waals surface area contributed by atoms with Crippen LogP contribution >= 0.6 is 11.3 Å². The molecule has 0 atom stereocenters. The molecule has 12 aromatic rings. The van der Waals surface area contributed by atoms with Crippen molar-refractivity contribution in [3.63, 3.8) is 0 Å². The Morgan fingerprint density at radius 2 is 0.981 bits per heavy atom. The van der Waals surface area contributed by atoms with Gasteiger partial charge in [-0.3, -0.25) is 4.57 Å².